The van der Waals surface area contributed by atoms with Crippen molar-refractivity contribution in [2.75, 3.05) is 25.1 Å². The van der Waals surface area contributed by atoms with E-state index >= 15 is 0 Å². The van der Waals surface area contributed by atoms with Crippen LogP contribution in [0.2, 0.25) is 0 Å². The number of carbonyl (C=O) groups is 1. The monoisotopic (exact) mass is 216 g/mol. The molecule has 0 radical (unpaired) electrons. The minimum atomic E-state index is 0.213. The van der Waals surface area contributed by atoms with Crippen LogP contribution in [0.15, 0.2) is 0 Å². The van der Waals surface area contributed by atoms with Gasteiger partial charge in [-0.2, -0.15) is 11.8 Å². The van der Waals surface area contributed by atoms with Gasteiger partial charge in [0, 0.05) is 12.5 Å². The van der Waals surface area contributed by atoms with E-state index in [9.17, 15) is 4.79 Å². The van der Waals surface area contributed by atoms with Gasteiger partial charge in [0.15, 0.2) is 0 Å². The van der Waals surface area contributed by atoms with Gasteiger partial charge in [0.25, 0.3) is 0 Å². The van der Waals surface area contributed by atoms with Gasteiger partial charge in [-0.25, -0.2) is 0 Å². The molecule has 1 saturated heterocycles. The molecule has 1 aliphatic heterocycles. The van der Waals surface area contributed by atoms with E-state index in [0.29, 0.717) is 18.4 Å². The molecule has 0 aromatic heterocycles. The van der Waals surface area contributed by atoms with E-state index in [1.54, 1.807) is 0 Å². The lowest BCUT2D eigenvalue weighted by Crippen LogP contribution is -2.45. The third kappa shape index (κ3) is 4.33. The maximum atomic E-state index is 11.5. The van der Waals surface area contributed by atoms with Crippen molar-refractivity contribution in [2.45, 2.75) is 25.8 Å². The van der Waals surface area contributed by atoms with Gasteiger partial charge in [0.2, 0.25) is 5.91 Å². The Balaban J connectivity index is 2.05. The smallest absolute Gasteiger partial charge is 0.220 e. The number of rotatable bonds is 6. The first-order valence-corrected chi connectivity index (χ1v) is 6.60. The Kier molecular flexibility index (Phi) is 5.33. The predicted octanol–water partition coefficient (Wildman–Crippen LogP) is 0.854. The SMILES string of the molecule is CSCCC(C)NC(=O)CC1CNC1. The normalized spacial score (nSPS) is 18.7. The number of hydrogen-bond donors (Lipinski definition) is 2. The Morgan fingerprint density at radius 3 is 2.86 bits per heavy atom. The Labute approximate surface area is 90.4 Å². The van der Waals surface area contributed by atoms with E-state index in [1.165, 1.54) is 0 Å². The molecule has 1 atom stereocenters. The first-order chi connectivity index (χ1) is 6.72. The molecule has 2 N–H and O–H groups in total. The summed E-state index contributed by atoms with van der Waals surface area (Å²) in [6, 6.07) is 0.322. The zero-order chi connectivity index (χ0) is 10.4. The van der Waals surface area contributed by atoms with Crippen molar-refractivity contribution in [2.24, 2.45) is 5.92 Å². The molecular formula is C10H20N2OS. The molecule has 0 saturated carbocycles. The van der Waals surface area contributed by atoms with Crippen molar-refractivity contribution < 1.29 is 4.79 Å². The first kappa shape index (κ1) is 11.9. The van der Waals surface area contributed by atoms with Gasteiger partial charge in [0.1, 0.15) is 0 Å². The van der Waals surface area contributed by atoms with Crippen LogP contribution in [0.4, 0.5) is 0 Å². The zero-order valence-corrected chi connectivity index (χ0v) is 9.82. The molecule has 82 valence electrons. The molecule has 1 unspecified atom stereocenters. The quantitative estimate of drug-likeness (QED) is 0.692. The minimum Gasteiger partial charge on any atom is -0.354 e. The van der Waals surface area contributed by atoms with Crippen LogP contribution in [0.25, 0.3) is 0 Å². The van der Waals surface area contributed by atoms with E-state index in [2.05, 4.69) is 23.8 Å². The van der Waals surface area contributed by atoms with Crippen LogP contribution in [0.1, 0.15) is 19.8 Å². The number of thioether (sulfide) groups is 1. The predicted molar refractivity (Wildman–Crippen MR) is 61.6 cm³/mol. The van der Waals surface area contributed by atoms with Crippen LogP contribution in [0, 0.1) is 5.92 Å². The summed E-state index contributed by atoms with van der Waals surface area (Å²) >= 11 is 1.83. The fraction of sp³-hybridized carbons (Fsp3) is 0.900. The summed E-state index contributed by atoms with van der Waals surface area (Å²) in [6.45, 7) is 4.09. The standard InChI is InChI=1S/C10H20N2OS/c1-8(3-4-14-2)12-10(13)5-9-6-11-7-9/h8-9,11H,3-7H2,1-2H3,(H,12,13). The zero-order valence-electron chi connectivity index (χ0n) is 9.01. The Morgan fingerprint density at radius 1 is 1.64 bits per heavy atom. The van der Waals surface area contributed by atoms with Crippen molar-refractivity contribution in [3.05, 3.63) is 0 Å². The van der Waals surface area contributed by atoms with Crippen molar-refractivity contribution in [1.29, 1.82) is 0 Å². The highest BCUT2D eigenvalue weighted by molar-refractivity contribution is 7.98. The molecule has 4 heteroatoms. The summed E-state index contributed by atoms with van der Waals surface area (Å²) in [6.07, 6.45) is 3.85. The van der Waals surface area contributed by atoms with E-state index in [-0.39, 0.29) is 5.91 Å². The summed E-state index contributed by atoms with van der Waals surface area (Å²) < 4.78 is 0. The lowest BCUT2D eigenvalue weighted by Gasteiger charge is -2.27. The van der Waals surface area contributed by atoms with Crippen LogP contribution in [-0.4, -0.2) is 37.0 Å². The number of amides is 1. The molecule has 14 heavy (non-hydrogen) atoms. The maximum Gasteiger partial charge on any atom is 0.220 e. The van der Waals surface area contributed by atoms with E-state index in [4.69, 9.17) is 0 Å². The van der Waals surface area contributed by atoms with Gasteiger partial charge in [-0.05, 0) is 44.4 Å². The van der Waals surface area contributed by atoms with E-state index < -0.39 is 0 Å². The van der Waals surface area contributed by atoms with E-state index in [1.807, 2.05) is 11.8 Å². The van der Waals surface area contributed by atoms with E-state index in [0.717, 1.165) is 25.3 Å². The third-order valence-corrected chi connectivity index (χ3v) is 3.15. The lowest BCUT2D eigenvalue weighted by molar-refractivity contribution is -0.123. The van der Waals surface area contributed by atoms with Gasteiger partial charge in [-0.15, -0.1) is 0 Å². The van der Waals surface area contributed by atoms with Gasteiger partial charge in [-0.1, -0.05) is 0 Å². The van der Waals surface area contributed by atoms with Crippen LogP contribution < -0.4 is 10.6 Å². The molecule has 1 rings (SSSR count). The summed E-state index contributed by atoms with van der Waals surface area (Å²) in [4.78, 5) is 11.5. The second-order valence-corrected chi connectivity index (χ2v) is 4.96. The van der Waals surface area contributed by atoms with Gasteiger partial charge in [0.05, 0.1) is 0 Å². The van der Waals surface area contributed by atoms with Gasteiger partial charge < -0.3 is 10.6 Å². The summed E-state index contributed by atoms with van der Waals surface area (Å²) in [5.74, 6) is 1.90. The molecule has 0 aliphatic carbocycles. The molecular weight excluding hydrogens is 196 g/mol. The molecule has 1 fully saturated rings. The highest BCUT2D eigenvalue weighted by Gasteiger charge is 2.20. The summed E-state index contributed by atoms with van der Waals surface area (Å²) in [5, 5.41) is 6.20. The maximum absolute atomic E-state index is 11.5. The number of hydrogen-bond acceptors (Lipinski definition) is 3. The Hall–Kier alpha value is -0.220. The average molecular weight is 216 g/mol. The molecule has 1 amide bonds. The minimum absolute atomic E-state index is 0.213. The first-order valence-electron chi connectivity index (χ1n) is 5.21. The Bertz CT molecular complexity index is 183. The van der Waals surface area contributed by atoms with Crippen molar-refractivity contribution >= 4 is 17.7 Å². The van der Waals surface area contributed by atoms with Crippen LogP contribution >= 0.6 is 11.8 Å². The van der Waals surface area contributed by atoms with Crippen molar-refractivity contribution in [3.63, 3.8) is 0 Å². The van der Waals surface area contributed by atoms with Crippen LogP contribution in [0.3, 0.4) is 0 Å². The number of nitrogens with one attached hydrogen (secondary N) is 2. The third-order valence-electron chi connectivity index (χ3n) is 2.50. The summed E-state index contributed by atoms with van der Waals surface area (Å²) in [7, 11) is 0. The fourth-order valence-corrected chi connectivity index (χ4v) is 2.04. The number of carbonyl (C=O) groups excluding carboxylic acids is 1. The molecule has 0 aromatic rings. The molecule has 1 aliphatic rings. The second kappa shape index (κ2) is 6.30. The molecule has 0 spiro atoms. The molecule has 0 bridgehead atoms. The van der Waals surface area contributed by atoms with Gasteiger partial charge >= 0.3 is 0 Å². The van der Waals surface area contributed by atoms with Crippen molar-refractivity contribution in [3.8, 4) is 0 Å². The molecule has 3 nitrogen and oxygen atoms in total. The van der Waals surface area contributed by atoms with Crippen LogP contribution in [0.5, 0.6) is 0 Å². The average Bonchev–Trinajstić information content (AvgIpc) is 2.08. The summed E-state index contributed by atoms with van der Waals surface area (Å²) in [5.41, 5.74) is 0. The largest absolute Gasteiger partial charge is 0.354 e. The molecule has 0 aromatic carbocycles. The Morgan fingerprint density at radius 2 is 2.36 bits per heavy atom. The molecule has 1 heterocycles. The lowest BCUT2D eigenvalue weighted by atomic mass is 9.99. The fourth-order valence-electron chi connectivity index (χ4n) is 1.46. The van der Waals surface area contributed by atoms with Gasteiger partial charge in [-0.3, -0.25) is 4.79 Å². The topological polar surface area (TPSA) is 41.1 Å². The van der Waals surface area contributed by atoms with Crippen LogP contribution in [-0.2, 0) is 4.79 Å². The second-order valence-electron chi connectivity index (χ2n) is 3.98. The highest BCUT2D eigenvalue weighted by Crippen LogP contribution is 2.08. The highest BCUT2D eigenvalue weighted by atomic mass is 32.2. The van der Waals surface area contributed by atoms with Crippen molar-refractivity contribution in [1.82, 2.24) is 10.6 Å².